The zero-order valence-corrected chi connectivity index (χ0v) is 11.3. The number of hydrogen-bond acceptors (Lipinski definition) is 2. The number of nitrogens with two attached hydrogens (primary N) is 1. The van der Waals surface area contributed by atoms with Gasteiger partial charge in [-0.1, -0.05) is 25.4 Å². The Morgan fingerprint density at radius 1 is 1.24 bits per heavy atom. The van der Waals surface area contributed by atoms with Gasteiger partial charge in [0.1, 0.15) is 0 Å². The number of anilines is 2. The van der Waals surface area contributed by atoms with Gasteiger partial charge in [-0.3, -0.25) is 0 Å². The minimum Gasteiger partial charge on any atom is -0.399 e. The normalized spacial score (nSPS) is 29.0. The first-order chi connectivity index (χ1) is 8.06. The number of nitrogens with one attached hydrogen (secondary N) is 1. The van der Waals surface area contributed by atoms with Crippen LogP contribution in [0.25, 0.3) is 0 Å². The summed E-state index contributed by atoms with van der Waals surface area (Å²) in [5.74, 6) is 1.63. The maximum Gasteiger partial charge on any atom is 0.0658 e. The fourth-order valence-corrected chi connectivity index (χ4v) is 2.79. The molecule has 3 N–H and O–H groups in total. The third-order valence-corrected chi connectivity index (χ3v) is 4.26. The van der Waals surface area contributed by atoms with Crippen molar-refractivity contribution in [2.45, 2.75) is 39.2 Å². The van der Waals surface area contributed by atoms with Crippen molar-refractivity contribution in [1.29, 1.82) is 0 Å². The number of nitrogen functional groups attached to an aromatic ring is 1. The van der Waals surface area contributed by atoms with E-state index >= 15 is 0 Å². The largest absolute Gasteiger partial charge is 0.399 e. The molecule has 0 aliphatic heterocycles. The van der Waals surface area contributed by atoms with E-state index in [1.165, 1.54) is 19.3 Å². The van der Waals surface area contributed by atoms with Gasteiger partial charge in [-0.05, 0) is 49.3 Å². The van der Waals surface area contributed by atoms with Crippen LogP contribution < -0.4 is 11.1 Å². The Morgan fingerprint density at radius 2 is 2.00 bits per heavy atom. The van der Waals surface area contributed by atoms with Crippen molar-refractivity contribution in [2.75, 3.05) is 11.1 Å². The fraction of sp³-hybridized carbons (Fsp3) is 0.571. The summed E-state index contributed by atoms with van der Waals surface area (Å²) in [6, 6.07) is 6.21. The summed E-state index contributed by atoms with van der Waals surface area (Å²) >= 11 is 6.17. The minimum atomic E-state index is 0.544. The van der Waals surface area contributed by atoms with Crippen LogP contribution in [0.3, 0.4) is 0 Å². The quantitative estimate of drug-likeness (QED) is 0.776. The van der Waals surface area contributed by atoms with E-state index in [1.54, 1.807) is 6.07 Å². The highest BCUT2D eigenvalue weighted by Gasteiger charge is 2.24. The van der Waals surface area contributed by atoms with Crippen LogP contribution in [0, 0.1) is 11.8 Å². The van der Waals surface area contributed by atoms with Crippen LogP contribution in [0.2, 0.25) is 5.02 Å². The summed E-state index contributed by atoms with van der Waals surface area (Å²) in [5, 5.41) is 4.26. The molecule has 3 heteroatoms. The maximum atomic E-state index is 6.17. The van der Waals surface area contributed by atoms with Crippen molar-refractivity contribution in [3.63, 3.8) is 0 Å². The summed E-state index contributed by atoms with van der Waals surface area (Å²) in [6.07, 6.45) is 3.75. The molecule has 0 radical (unpaired) electrons. The van der Waals surface area contributed by atoms with Crippen LogP contribution in [-0.4, -0.2) is 6.04 Å². The Kier molecular flexibility index (Phi) is 3.82. The second kappa shape index (κ2) is 5.18. The average molecular weight is 253 g/mol. The Labute approximate surface area is 109 Å². The molecule has 1 aliphatic carbocycles. The molecule has 2 nitrogen and oxygen atoms in total. The van der Waals surface area contributed by atoms with Crippen LogP contribution in [0.1, 0.15) is 33.1 Å². The lowest BCUT2D eigenvalue weighted by Crippen LogP contribution is -2.30. The summed E-state index contributed by atoms with van der Waals surface area (Å²) < 4.78 is 0. The molecule has 1 aromatic rings. The molecule has 0 aromatic heterocycles. The lowest BCUT2D eigenvalue weighted by molar-refractivity contribution is 0.261. The summed E-state index contributed by atoms with van der Waals surface area (Å²) in [4.78, 5) is 0. The van der Waals surface area contributed by atoms with Crippen LogP contribution in [0.15, 0.2) is 18.2 Å². The van der Waals surface area contributed by atoms with E-state index in [9.17, 15) is 0 Å². The first-order valence-corrected chi connectivity index (χ1v) is 6.75. The van der Waals surface area contributed by atoms with Gasteiger partial charge in [-0.25, -0.2) is 0 Å². The van der Waals surface area contributed by atoms with Gasteiger partial charge < -0.3 is 11.1 Å². The highest BCUT2D eigenvalue weighted by Crippen LogP contribution is 2.33. The molecule has 3 unspecified atom stereocenters. The van der Waals surface area contributed by atoms with Gasteiger partial charge >= 0.3 is 0 Å². The van der Waals surface area contributed by atoms with Crippen molar-refractivity contribution >= 4 is 23.0 Å². The van der Waals surface area contributed by atoms with E-state index in [4.69, 9.17) is 17.3 Å². The standard InChI is InChI=1S/C14H21ClN2/c1-9-3-5-12(7-10(9)2)17-14-6-4-11(16)8-13(14)15/h4,6,8-10,12,17H,3,5,7,16H2,1-2H3. The zero-order chi connectivity index (χ0) is 12.4. The van der Waals surface area contributed by atoms with Gasteiger partial charge in [-0.2, -0.15) is 0 Å². The monoisotopic (exact) mass is 252 g/mol. The Balaban J connectivity index is 2.01. The van der Waals surface area contributed by atoms with Crippen molar-refractivity contribution in [3.05, 3.63) is 23.2 Å². The van der Waals surface area contributed by atoms with E-state index in [1.807, 2.05) is 12.1 Å². The average Bonchev–Trinajstić information content (AvgIpc) is 2.27. The van der Waals surface area contributed by atoms with Gasteiger partial charge in [0.2, 0.25) is 0 Å². The molecule has 1 aliphatic rings. The van der Waals surface area contributed by atoms with Crippen molar-refractivity contribution in [1.82, 2.24) is 0 Å². The Bertz CT molecular complexity index is 392. The second-order valence-corrected chi connectivity index (χ2v) is 5.76. The van der Waals surface area contributed by atoms with Crippen molar-refractivity contribution in [3.8, 4) is 0 Å². The summed E-state index contributed by atoms with van der Waals surface area (Å²) in [5.41, 5.74) is 7.41. The van der Waals surface area contributed by atoms with E-state index in [2.05, 4.69) is 19.2 Å². The molecule has 94 valence electrons. The molecule has 1 saturated carbocycles. The SMILES string of the molecule is CC1CCC(Nc2ccc(N)cc2Cl)CC1C. The Hall–Kier alpha value is -0.890. The zero-order valence-electron chi connectivity index (χ0n) is 10.5. The second-order valence-electron chi connectivity index (χ2n) is 5.35. The van der Waals surface area contributed by atoms with E-state index < -0.39 is 0 Å². The molecular weight excluding hydrogens is 232 g/mol. The first-order valence-electron chi connectivity index (χ1n) is 6.38. The molecule has 0 saturated heterocycles. The lowest BCUT2D eigenvalue weighted by atomic mass is 9.79. The number of hydrogen-bond donors (Lipinski definition) is 2. The van der Waals surface area contributed by atoms with Crippen LogP contribution >= 0.6 is 11.6 Å². The molecule has 2 rings (SSSR count). The predicted molar refractivity (Wildman–Crippen MR) is 75.5 cm³/mol. The van der Waals surface area contributed by atoms with E-state index in [0.717, 1.165) is 22.5 Å². The molecule has 3 atom stereocenters. The highest BCUT2D eigenvalue weighted by molar-refractivity contribution is 6.33. The van der Waals surface area contributed by atoms with Gasteiger partial charge in [-0.15, -0.1) is 0 Å². The highest BCUT2D eigenvalue weighted by atomic mass is 35.5. The summed E-state index contributed by atoms with van der Waals surface area (Å²) in [6.45, 7) is 4.68. The van der Waals surface area contributed by atoms with Gasteiger partial charge in [0.15, 0.2) is 0 Å². The molecular formula is C14H21ClN2. The summed E-state index contributed by atoms with van der Waals surface area (Å²) in [7, 11) is 0. The molecule has 0 spiro atoms. The van der Waals surface area contributed by atoms with Crippen LogP contribution in [0.5, 0.6) is 0 Å². The van der Waals surface area contributed by atoms with Crippen molar-refractivity contribution < 1.29 is 0 Å². The number of benzene rings is 1. The fourth-order valence-electron chi connectivity index (χ4n) is 2.55. The lowest BCUT2D eigenvalue weighted by Gasteiger charge is -2.33. The molecule has 1 fully saturated rings. The van der Waals surface area contributed by atoms with E-state index in [-0.39, 0.29) is 0 Å². The molecule has 17 heavy (non-hydrogen) atoms. The Morgan fingerprint density at radius 3 is 2.65 bits per heavy atom. The van der Waals surface area contributed by atoms with E-state index in [0.29, 0.717) is 11.7 Å². The number of halogens is 1. The minimum absolute atomic E-state index is 0.544. The molecule has 1 aromatic carbocycles. The van der Waals surface area contributed by atoms with Gasteiger partial charge in [0, 0.05) is 11.7 Å². The molecule has 0 heterocycles. The van der Waals surface area contributed by atoms with Crippen LogP contribution in [0.4, 0.5) is 11.4 Å². The molecule has 0 bridgehead atoms. The smallest absolute Gasteiger partial charge is 0.0658 e. The topological polar surface area (TPSA) is 38.0 Å². The third kappa shape index (κ3) is 3.06. The first kappa shape index (κ1) is 12.6. The van der Waals surface area contributed by atoms with Gasteiger partial charge in [0.05, 0.1) is 10.7 Å². The molecule has 0 amide bonds. The maximum absolute atomic E-state index is 6.17. The number of rotatable bonds is 2. The van der Waals surface area contributed by atoms with Gasteiger partial charge in [0.25, 0.3) is 0 Å². The predicted octanol–water partition coefficient (Wildman–Crippen LogP) is 4.16. The third-order valence-electron chi connectivity index (χ3n) is 3.95. The van der Waals surface area contributed by atoms with Crippen LogP contribution in [-0.2, 0) is 0 Å². The van der Waals surface area contributed by atoms with Crippen molar-refractivity contribution in [2.24, 2.45) is 11.8 Å².